The van der Waals surface area contributed by atoms with E-state index >= 15 is 0 Å². The Labute approximate surface area is 108 Å². The van der Waals surface area contributed by atoms with Gasteiger partial charge < -0.3 is 5.32 Å². The maximum Gasteiger partial charge on any atom is 0.107 e. The predicted octanol–water partition coefficient (Wildman–Crippen LogP) is 2.55. The molecule has 3 nitrogen and oxygen atoms in total. The molecule has 2 heterocycles. The fraction of sp³-hybridized carbons (Fsp3) is 0.769. The Kier molecular flexibility index (Phi) is 4.95. The van der Waals surface area contributed by atoms with Crippen molar-refractivity contribution in [2.24, 2.45) is 0 Å². The third kappa shape index (κ3) is 3.76. The summed E-state index contributed by atoms with van der Waals surface area (Å²) in [5.41, 5.74) is 1.20. The van der Waals surface area contributed by atoms with Crippen molar-refractivity contribution >= 4 is 11.3 Å². The molecule has 0 spiro atoms. The van der Waals surface area contributed by atoms with Gasteiger partial charge in [0.05, 0.1) is 12.2 Å². The maximum absolute atomic E-state index is 4.69. The second kappa shape index (κ2) is 6.47. The zero-order valence-corrected chi connectivity index (χ0v) is 11.8. The molecule has 0 atom stereocenters. The Morgan fingerprint density at radius 2 is 1.94 bits per heavy atom. The average Bonchev–Trinajstić information content (AvgIpc) is 2.54. The lowest BCUT2D eigenvalue weighted by atomic mass is 10.2. The number of aromatic nitrogens is 1. The van der Waals surface area contributed by atoms with Gasteiger partial charge in [-0.05, 0) is 39.9 Å². The molecule has 1 saturated heterocycles. The Hall–Kier alpha value is -0.450. The van der Waals surface area contributed by atoms with Crippen LogP contribution in [0.15, 0.2) is 0 Å². The molecular formula is C13H23N3S. The van der Waals surface area contributed by atoms with E-state index in [4.69, 9.17) is 4.98 Å². The first-order chi connectivity index (χ1) is 8.29. The molecule has 1 aromatic heterocycles. The number of likely N-dealkylation sites (tertiary alicyclic amines) is 1. The fourth-order valence-electron chi connectivity index (χ4n) is 2.37. The number of hydrogen-bond acceptors (Lipinski definition) is 4. The van der Waals surface area contributed by atoms with Crippen molar-refractivity contribution < 1.29 is 0 Å². The zero-order valence-electron chi connectivity index (χ0n) is 11.0. The van der Waals surface area contributed by atoms with Crippen molar-refractivity contribution in [2.45, 2.75) is 45.7 Å². The minimum atomic E-state index is 0.948. The molecule has 4 heteroatoms. The van der Waals surface area contributed by atoms with E-state index in [2.05, 4.69) is 17.1 Å². The van der Waals surface area contributed by atoms with E-state index < -0.39 is 0 Å². The molecule has 0 saturated carbocycles. The molecule has 0 radical (unpaired) electrons. The van der Waals surface area contributed by atoms with Crippen molar-refractivity contribution in [1.82, 2.24) is 15.2 Å². The Bertz CT molecular complexity index is 340. The van der Waals surface area contributed by atoms with Gasteiger partial charge in [0, 0.05) is 11.4 Å². The van der Waals surface area contributed by atoms with Gasteiger partial charge in [-0.25, -0.2) is 4.98 Å². The van der Waals surface area contributed by atoms with Crippen LogP contribution in [0.3, 0.4) is 0 Å². The van der Waals surface area contributed by atoms with Gasteiger partial charge in [0.1, 0.15) is 5.01 Å². The number of rotatable bonds is 4. The Balaban J connectivity index is 1.95. The van der Waals surface area contributed by atoms with Crippen molar-refractivity contribution in [3.8, 4) is 0 Å². The quantitative estimate of drug-likeness (QED) is 0.894. The third-order valence-electron chi connectivity index (χ3n) is 3.33. The van der Waals surface area contributed by atoms with Gasteiger partial charge in [0.2, 0.25) is 0 Å². The second-order valence-electron chi connectivity index (χ2n) is 4.84. The van der Waals surface area contributed by atoms with Crippen molar-refractivity contribution in [2.75, 3.05) is 20.1 Å². The monoisotopic (exact) mass is 253 g/mol. The fourth-order valence-corrected chi connectivity index (χ4v) is 3.49. The van der Waals surface area contributed by atoms with Crippen molar-refractivity contribution in [3.63, 3.8) is 0 Å². The predicted molar refractivity (Wildman–Crippen MR) is 73.4 cm³/mol. The van der Waals surface area contributed by atoms with Gasteiger partial charge >= 0.3 is 0 Å². The number of nitrogens with zero attached hydrogens (tertiary/aromatic N) is 2. The normalized spacial score (nSPS) is 18.2. The van der Waals surface area contributed by atoms with Crippen LogP contribution < -0.4 is 5.32 Å². The van der Waals surface area contributed by atoms with Crippen LogP contribution in [0.25, 0.3) is 0 Å². The van der Waals surface area contributed by atoms with Crippen LogP contribution in [0.4, 0.5) is 0 Å². The van der Waals surface area contributed by atoms with E-state index in [1.165, 1.54) is 54.4 Å². The van der Waals surface area contributed by atoms with Gasteiger partial charge in [0.15, 0.2) is 0 Å². The highest BCUT2D eigenvalue weighted by molar-refractivity contribution is 7.11. The number of aryl methyl sites for hydroxylation is 1. The first kappa shape index (κ1) is 13.0. The maximum atomic E-state index is 4.69. The van der Waals surface area contributed by atoms with Gasteiger partial charge in [-0.2, -0.15) is 0 Å². The van der Waals surface area contributed by atoms with Gasteiger partial charge in [-0.1, -0.05) is 12.8 Å². The molecule has 0 aromatic carbocycles. The summed E-state index contributed by atoms with van der Waals surface area (Å²) < 4.78 is 0. The van der Waals surface area contributed by atoms with Crippen LogP contribution >= 0.6 is 11.3 Å². The summed E-state index contributed by atoms with van der Waals surface area (Å²) in [6, 6.07) is 0. The second-order valence-corrected chi connectivity index (χ2v) is 6.01. The van der Waals surface area contributed by atoms with Crippen LogP contribution in [0, 0.1) is 6.92 Å². The highest BCUT2D eigenvalue weighted by Crippen LogP contribution is 2.20. The molecule has 1 N–H and O–H groups in total. The summed E-state index contributed by atoms with van der Waals surface area (Å²) in [5.74, 6) is 0. The van der Waals surface area contributed by atoms with Crippen molar-refractivity contribution in [3.05, 3.63) is 15.6 Å². The molecule has 0 bridgehead atoms. The molecule has 0 aliphatic carbocycles. The molecule has 0 amide bonds. The summed E-state index contributed by atoms with van der Waals surface area (Å²) in [6.45, 7) is 6.62. The van der Waals surface area contributed by atoms with Gasteiger partial charge in [-0.3, -0.25) is 4.90 Å². The lowest BCUT2D eigenvalue weighted by molar-refractivity contribution is 0.276. The topological polar surface area (TPSA) is 28.2 Å². The van der Waals surface area contributed by atoms with E-state index in [0.717, 1.165) is 13.1 Å². The number of thiazole rings is 1. The van der Waals surface area contributed by atoms with Crippen LogP contribution in [-0.2, 0) is 13.1 Å². The number of hydrogen-bond donors (Lipinski definition) is 1. The van der Waals surface area contributed by atoms with Crippen LogP contribution in [0.2, 0.25) is 0 Å². The highest BCUT2D eigenvalue weighted by atomic mass is 32.1. The third-order valence-corrected chi connectivity index (χ3v) is 4.47. The molecule has 96 valence electrons. The average molecular weight is 253 g/mol. The van der Waals surface area contributed by atoms with Gasteiger partial charge in [-0.15, -0.1) is 11.3 Å². The van der Waals surface area contributed by atoms with Crippen molar-refractivity contribution in [1.29, 1.82) is 0 Å². The van der Waals surface area contributed by atoms with E-state index in [0.29, 0.717) is 0 Å². The molecule has 2 rings (SSSR count). The Morgan fingerprint density at radius 1 is 1.24 bits per heavy atom. The standard InChI is InChI=1S/C13H23N3S/c1-11-12(9-14-2)17-13(15-11)10-16-7-5-3-4-6-8-16/h14H,3-10H2,1-2H3. The number of nitrogens with one attached hydrogen (secondary N) is 1. The molecule has 1 fully saturated rings. The largest absolute Gasteiger partial charge is 0.315 e. The summed E-state index contributed by atoms with van der Waals surface area (Å²) in [5, 5.41) is 4.50. The van der Waals surface area contributed by atoms with E-state index in [9.17, 15) is 0 Å². The summed E-state index contributed by atoms with van der Waals surface area (Å²) >= 11 is 1.87. The molecule has 1 aliphatic heterocycles. The van der Waals surface area contributed by atoms with E-state index in [-0.39, 0.29) is 0 Å². The minimum Gasteiger partial charge on any atom is -0.315 e. The highest BCUT2D eigenvalue weighted by Gasteiger charge is 2.13. The smallest absolute Gasteiger partial charge is 0.107 e. The first-order valence-electron chi connectivity index (χ1n) is 6.61. The summed E-state index contributed by atoms with van der Waals surface area (Å²) in [4.78, 5) is 8.64. The van der Waals surface area contributed by atoms with E-state index in [1.807, 2.05) is 18.4 Å². The molecule has 0 unspecified atom stereocenters. The SMILES string of the molecule is CNCc1sc(CN2CCCCCC2)nc1C. The minimum absolute atomic E-state index is 0.948. The lowest BCUT2D eigenvalue weighted by Gasteiger charge is -2.17. The Morgan fingerprint density at radius 3 is 2.59 bits per heavy atom. The first-order valence-corrected chi connectivity index (χ1v) is 7.43. The van der Waals surface area contributed by atoms with E-state index in [1.54, 1.807) is 0 Å². The zero-order chi connectivity index (χ0) is 12.1. The molecular weight excluding hydrogens is 230 g/mol. The van der Waals surface area contributed by atoms with Gasteiger partial charge in [0.25, 0.3) is 0 Å². The van der Waals surface area contributed by atoms with Crippen LogP contribution in [0.5, 0.6) is 0 Å². The summed E-state index contributed by atoms with van der Waals surface area (Å²) in [7, 11) is 1.99. The molecule has 17 heavy (non-hydrogen) atoms. The summed E-state index contributed by atoms with van der Waals surface area (Å²) in [6.07, 6.45) is 5.51. The van der Waals surface area contributed by atoms with Crippen LogP contribution in [-0.4, -0.2) is 30.0 Å². The molecule has 1 aliphatic rings. The molecule has 1 aromatic rings. The van der Waals surface area contributed by atoms with Crippen LogP contribution in [0.1, 0.15) is 41.3 Å². The lowest BCUT2D eigenvalue weighted by Crippen LogP contribution is -2.23.